The Bertz CT molecular complexity index is 559. The van der Waals surface area contributed by atoms with Crippen molar-refractivity contribution >= 4 is 0 Å². The zero-order valence-corrected chi connectivity index (χ0v) is 11.0. The smallest absolute Gasteiger partial charge is 0.0581 e. The minimum Gasteiger partial charge on any atom is -0.303 e. The van der Waals surface area contributed by atoms with Crippen molar-refractivity contribution in [1.29, 1.82) is 0 Å². The van der Waals surface area contributed by atoms with Gasteiger partial charge in [-0.1, -0.05) is 60.7 Å². The van der Waals surface area contributed by atoms with E-state index >= 15 is 0 Å². The third-order valence-corrected chi connectivity index (χ3v) is 3.82. The van der Waals surface area contributed by atoms with Gasteiger partial charge >= 0.3 is 0 Å². The van der Waals surface area contributed by atoms with Crippen LogP contribution in [0.1, 0.15) is 29.2 Å². The van der Waals surface area contributed by atoms with E-state index < -0.39 is 0 Å². The molecule has 1 aliphatic heterocycles. The molecule has 2 atom stereocenters. The molecule has 0 saturated carbocycles. The van der Waals surface area contributed by atoms with E-state index in [4.69, 9.17) is 0 Å². The van der Waals surface area contributed by atoms with Crippen molar-refractivity contribution in [3.05, 3.63) is 83.9 Å². The molecule has 0 fully saturated rings. The lowest BCUT2D eigenvalue weighted by molar-refractivity contribution is 0.440. The molecule has 1 heteroatoms. The Balaban J connectivity index is 2.00. The van der Waals surface area contributed by atoms with Crippen LogP contribution >= 0.6 is 0 Å². The summed E-state index contributed by atoms with van der Waals surface area (Å²) in [4.78, 5) is 0. The Morgan fingerprint density at radius 1 is 1.05 bits per heavy atom. The summed E-state index contributed by atoms with van der Waals surface area (Å²) >= 11 is 0. The number of nitrogens with one attached hydrogen (secondary N) is 1. The molecule has 0 aromatic heterocycles. The van der Waals surface area contributed by atoms with Crippen LogP contribution in [0, 0.1) is 0 Å². The summed E-state index contributed by atoms with van der Waals surface area (Å²) in [6.45, 7) is 3.87. The molecule has 0 saturated heterocycles. The second-order valence-corrected chi connectivity index (χ2v) is 5.13. The first-order chi connectivity index (χ1) is 9.38. The monoisotopic (exact) mass is 249 g/mol. The van der Waals surface area contributed by atoms with Crippen LogP contribution in [0.3, 0.4) is 0 Å². The number of benzene rings is 2. The highest BCUT2D eigenvalue weighted by molar-refractivity contribution is 5.40. The Kier molecular flexibility index (Phi) is 3.47. The van der Waals surface area contributed by atoms with Gasteiger partial charge < -0.3 is 5.32 Å². The van der Waals surface area contributed by atoms with Gasteiger partial charge in [0.05, 0.1) is 6.04 Å². The summed E-state index contributed by atoms with van der Waals surface area (Å²) in [6, 6.07) is 20.2. The van der Waals surface area contributed by atoms with Crippen LogP contribution in [-0.2, 0) is 6.42 Å². The Labute approximate surface area is 115 Å². The lowest BCUT2D eigenvalue weighted by Crippen LogP contribution is -2.39. The molecule has 0 unspecified atom stereocenters. The molecule has 0 aliphatic carbocycles. The highest BCUT2D eigenvalue weighted by Gasteiger charge is 2.25. The average molecular weight is 249 g/mol. The van der Waals surface area contributed by atoms with Crippen molar-refractivity contribution in [1.82, 2.24) is 5.32 Å². The molecule has 1 heterocycles. The van der Waals surface area contributed by atoms with Gasteiger partial charge in [-0.3, -0.25) is 0 Å². The predicted octanol–water partition coefficient (Wildman–Crippen LogP) is 3.87. The molecule has 1 aliphatic rings. The van der Waals surface area contributed by atoms with E-state index in [0.29, 0.717) is 12.1 Å². The minimum absolute atomic E-state index is 0.302. The van der Waals surface area contributed by atoms with Crippen molar-refractivity contribution in [2.75, 3.05) is 0 Å². The second kappa shape index (κ2) is 5.41. The first-order valence-electron chi connectivity index (χ1n) is 6.88. The van der Waals surface area contributed by atoms with Crippen LogP contribution in [-0.4, -0.2) is 6.04 Å². The lowest BCUT2D eigenvalue weighted by Gasteiger charge is -2.33. The maximum absolute atomic E-state index is 3.87. The molecule has 0 radical (unpaired) electrons. The molecular weight excluding hydrogens is 230 g/mol. The van der Waals surface area contributed by atoms with Crippen molar-refractivity contribution in [2.45, 2.75) is 24.9 Å². The molecule has 1 nitrogen and oxygen atoms in total. The maximum Gasteiger partial charge on any atom is 0.0581 e. The van der Waals surface area contributed by atoms with Crippen molar-refractivity contribution < 1.29 is 0 Å². The van der Waals surface area contributed by atoms with Crippen LogP contribution in [0.25, 0.3) is 0 Å². The van der Waals surface area contributed by atoms with Crippen molar-refractivity contribution in [3.8, 4) is 0 Å². The lowest BCUT2D eigenvalue weighted by atomic mass is 9.86. The Morgan fingerprint density at radius 3 is 2.58 bits per heavy atom. The highest BCUT2D eigenvalue weighted by Crippen LogP contribution is 2.31. The largest absolute Gasteiger partial charge is 0.303 e. The van der Waals surface area contributed by atoms with Gasteiger partial charge in [0, 0.05) is 6.04 Å². The van der Waals surface area contributed by atoms with E-state index in [1.165, 1.54) is 16.7 Å². The van der Waals surface area contributed by atoms with Gasteiger partial charge in [0.25, 0.3) is 0 Å². The van der Waals surface area contributed by atoms with Gasteiger partial charge in [0.2, 0.25) is 0 Å². The molecule has 2 aromatic rings. The van der Waals surface area contributed by atoms with Gasteiger partial charge in [-0.2, -0.15) is 0 Å². The number of hydrogen-bond acceptors (Lipinski definition) is 1. The van der Waals surface area contributed by atoms with Crippen LogP contribution in [0.5, 0.6) is 0 Å². The Hall–Kier alpha value is -1.86. The van der Waals surface area contributed by atoms with Gasteiger partial charge in [-0.05, 0) is 29.5 Å². The van der Waals surface area contributed by atoms with Crippen molar-refractivity contribution in [2.24, 2.45) is 0 Å². The highest BCUT2D eigenvalue weighted by atomic mass is 15.0. The second-order valence-electron chi connectivity index (χ2n) is 5.13. The molecule has 96 valence electrons. The normalized spacial score (nSPS) is 21.7. The summed E-state index contributed by atoms with van der Waals surface area (Å²) in [5.74, 6) is 0. The minimum atomic E-state index is 0.302. The van der Waals surface area contributed by atoms with Crippen molar-refractivity contribution in [3.63, 3.8) is 0 Å². The standard InChI is InChI=1S/C18H19N/c1-2-8-16-13-15-11-6-7-12-17(15)18(19-16)14-9-4-3-5-10-14/h2-7,9-12,16,18-19H,1,8,13H2/t16-,18-/m1/s1. The van der Waals surface area contributed by atoms with Crippen LogP contribution in [0.2, 0.25) is 0 Å². The van der Waals surface area contributed by atoms with Gasteiger partial charge in [-0.15, -0.1) is 6.58 Å². The van der Waals surface area contributed by atoms with Crippen LogP contribution < -0.4 is 5.32 Å². The van der Waals surface area contributed by atoms with E-state index in [-0.39, 0.29) is 0 Å². The number of hydrogen-bond donors (Lipinski definition) is 1. The molecule has 0 amide bonds. The molecule has 19 heavy (non-hydrogen) atoms. The predicted molar refractivity (Wildman–Crippen MR) is 80.2 cm³/mol. The molecule has 0 spiro atoms. The fourth-order valence-corrected chi connectivity index (χ4v) is 2.93. The topological polar surface area (TPSA) is 12.0 Å². The Morgan fingerprint density at radius 2 is 1.79 bits per heavy atom. The molecule has 3 rings (SSSR count). The summed E-state index contributed by atoms with van der Waals surface area (Å²) in [5.41, 5.74) is 4.21. The van der Waals surface area contributed by atoms with Gasteiger partial charge in [0.1, 0.15) is 0 Å². The first kappa shape index (κ1) is 12.2. The zero-order chi connectivity index (χ0) is 13.1. The van der Waals surface area contributed by atoms with E-state index in [2.05, 4.69) is 66.5 Å². The SMILES string of the molecule is C=CC[C@@H]1Cc2ccccc2[C@@H](c2ccccc2)N1. The van der Waals surface area contributed by atoms with E-state index in [9.17, 15) is 0 Å². The third kappa shape index (κ3) is 2.47. The average Bonchev–Trinajstić information content (AvgIpc) is 2.48. The summed E-state index contributed by atoms with van der Waals surface area (Å²) < 4.78 is 0. The molecular formula is C18H19N. The van der Waals surface area contributed by atoms with E-state index in [0.717, 1.165) is 12.8 Å². The first-order valence-corrected chi connectivity index (χ1v) is 6.88. The number of rotatable bonds is 3. The zero-order valence-electron chi connectivity index (χ0n) is 11.0. The molecule has 1 N–H and O–H groups in total. The summed E-state index contributed by atoms with van der Waals surface area (Å²) in [6.07, 6.45) is 4.11. The van der Waals surface area contributed by atoms with E-state index in [1.807, 2.05) is 6.08 Å². The number of fused-ring (bicyclic) bond motifs is 1. The van der Waals surface area contributed by atoms with Gasteiger partial charge in [-0.25, -0.2) is 0 Å². The summed E-state index contributed by atoms with van der Waals surface area (Å²) in [7, 11) is 0. The quantitative estimate of drug-likeness (QED) is 0.814. The third-order valence-electron chi connectivity index (χ3n) is 3.82. The van der Waals surface area contributed by atoms with Crippen LogP contribution in [0.15, 0.2) is 67.3 Å². The van der Waals surface area contributed by atoms with Crippen LogP contribution in [0.4, 0.5) is 0 Å². The maximum atomic E-state index is 3.87. The fourth-order valence-electron chi connectivity index (χ4n) is 2.93. The van der Waals surface area contributed by atoms with Gasteiger partial charge in [0.15, 0.2) is 0 Å². The molecule has 2 aromatic carbocycles. The van der Waals surface area contributed by atoms with E-state index in [1.54, 1.807) is 0 Å². The fraction of sp³-hybridized carbons (Fsp3) is 0.222. The molecule has 0 bridgehead atoms. The summed E-state index contributed by atoms with van der Waals surface area (Å²) in [5, 5.41) is 3.76.